The minimum atomic E-state index is -0.0750. The van der Waals surface area contributed by atoms with Crippen LogP contribution in [0.4, 0.5) is 0 Å². The van der Waals surface area contributed by atoms with Gasteiger partial charge in [-0.15, -0.1) is 0 Å². The first-order valence-electron chi connectivity index (χ1n) is 10.6. The molecule has 0 radical (unpaired) electrons. The molecule has 0 aliphatic carbocycles. The van der Waals surface area contributed by atoms with E-state index in [0.717, 1.165) is 40.6 Å². The molecule has 1 aliphatic heterocycles. The van der Waals surface area contributed by atoms with E-state index in [4.69, 9.17) is 27.9 Å². The van der Waals surface area contributed by atoms with E-state index < -0.39 is 0 Å². The van der Waals surface area contributed by atoms with Crippen LogP contribution in [0.1, 0.15) is 45.6 Å². The monoisotopic (exact) mass is 469 g/mol. The standard InChI is InChI=1S/C25H25Cl2N3O2/c1-15-10-16(14-28)11-23-20(15)12-17(29(23)2)13-21-22(26)5-4-19(24(21)27)25(31)30-8-6-18(32-3)7-9-30/h4-5,10-12,18H,6-9,13H2,1-3H3. The first-order chi connectivity index (χ1) is 15.3. The van der Waals surface area contributed by atoms with E-state index >= 15 is 0 Å². The summed E-state index contributed by atoms with van der Waals surface area (Å²) in [7, 11) is 3.68. The van der Waals surface area contributed by atoms with Crippen molar-refractivity contribution in [3.63, 3.8) is 0 Å². The van der Waals surface area contributed by atoms with Crippen molar-refractivity contribution in [2.45, 2.75) is 32.3 Å². The van der Waals surface area contributed by atoms with Gasteiger partial charge in [0.05, 0.1) is 28.3 Å². The van der Waals surface area contributed by atoms with Gasteiger partial charge in [0.2, 0.25) is 0 Å². The predicted molar refractivity (Wildman–Crippen MR) is 128 cm³/mol. The van der Waals surface area contributed by atoms with E-state index in [2.05, 4.69) is 16.7 Å². The predicted octanol–water partition coefficient (Wildman–Crippen LogP) is 5.51. The van der Waals surface area contributed by atoms with E-state index in [1.54, 1.807) is 19.2 Å². The molecular formula is C25H25Cl2N3O2. The Labute approximate surface area is 198 Å². The maximum Gasteiger partial charge on any atom is 0.255 e. The number of aromatic nitrogens is 1. The second-order valence-corrected chi connectivity index (χ2v) is 9.11. The van der Waals surface area contributed by atoms with Crippen molar-refractivity contribution in [2.24, 2.45) is 7.05 Å². The number of aryl methyl sites for hydroxylation is 2. The summed E-state index contributed by atoms with van der Waals surface area (Å²) in [5, 5.41) is 11.3. The Bertz CT molecular complexity index is 1230. The van der Waals surface area contributed by atoms with Crippen LogP contribution in [0.2, 0.25) is 10.0 Å². The van der Waals surface area contributed by atoms with Crippen LogP contribution < -0.4 is 0 Å². The number of hydrogen-bond acceptors (Lipinski definition) is 3. The Balaban J connectivity index is 1.67. The number of nitriles is 1. The molecule has 1 aliphatic rings. The molecule has 1 aromatic heterocycles. The first kappa shape index (κ1) is 22.7. The van der Waals surface area contributed by atoms with Gasteiger partial charge in [-0.2, -0.15) is 5.26 Å². The SMILES string of the molecule is COC1CCN(C(=O)c2ccc(Cl)c(Cc3cc4c(C)cc(C#N)cc4n3C)c2Cl)CC1. The molecule has 1 saturated heterocycles. The van der Waals surface area contributed by atoms with Gasteiger partial charge in [-0.05, 0) is 61.2 Å². The zero-order valence-electron chi connectivity index (χ0n) is 18.4. The largest absolute Gasteiger partial charge is 0.381 e. The molecule has 4 rings (SSSR count). The van der Waals surface area contributed by atoms with Gasteiger partial charge in [0.25, 0.3) is 5.91 Å². The smallest absolute Gasteiger partial charge is 0.255 e. The highest BCUT2D eigenvalue weighted by molar-refractivity contribution is 6.38. The van der Waals surface area contributed by atoms with Crippen LogP contribution in [0.5, 0.6) is 0 Å². The van der Waals surface area contributed by atoms with Crippen molar-refractivity contribution >= 4 is 40.0 Å². The number of fused-ring (bicyclic) bond motifs is 1. The Morgan fingerprint density at radius 1 is 1.22 bits per heavy atom. The summed E-state index contributed by atoms with van der Waals surface area (Å²) in [6, 6.07) is 11.6. The lowest BCUT2D eigenvalue weighted by atomic mass is 10.0. The Hall–Kier alpha value is -2.52. The van der Waals surface area contributed by atoms with E-state index in [-0.39, 0.29) is 12.0 Å². The number of methoxy groups -OCH3 is 1. The number of likely N-dealkylation sites (tertiary alicyclic amines) is 1. The third-order valence-corrected chi connectivity index (χ3v) is 7.22. The molecule has 0 bridgehead atoms. The van der Waals surface area contributed by atoms with Gasteiger partial charge >= 0.3 is 0 Å². The zero-order valence-corrected chi connectivity index (χ0v) is 19.9. The molecule has 1 amide bonds. The lowest BCUT2D eigenvalue weighted by molar-refractivity contribution is 0.0351. The van der Waals surface area contributed by atoms with E-state index in [1.807, 2.05) is 31.0 Å². The van der Waals surface area contributed by atoms with Gasteiger partial charge in [0, 0.05) is 55.3 Å². The van der Waals surface area contributed by atoms with Crippen LogP contribution in [0.15, 0.2) is 30.3 Å². The van der Waals surface area contributed by atoms with Crippen LogP contribution in [0.25, 0.3) is 10.9 Å². The fourth-order valence-corrected chi connectivity index (χ4v) is 5.05. The van der Waals surface area contributed by atoms with Crippen LogP contribution in [0, 0.1) is 18.3 Å². The van der Waals surface area contributed by atoms with Crippen LogP contribution >= 0.6 is 23.2 Å². The maximum absolute atomic E-state index is 13.2. The number of carbonyl (C=O) groups excluding carboxylic acids is 1. The molecular weight excluding hydrogens is 445 g/mol. The van der Waals surface area contributed by atoms with Crippen molar-refractivity contribution < 1.29 is 9.53 Å². The van der Waals surface area contributed by atoms with Crippen molar-refractivity contribution in [1.82, 2.24) is 9.47 Å². The quantitative estimate of drug-likeness (QED) is 0.506. The van der Waals surface area contributed by atoms with E-state index in [1.165, 1.54) is 0 Å². The third-order valence-electron chi connectivity index (χ3n) is 6.43. The molecule has 166 valence electrons. The molecule has 2 heterocycles. The summed E-state index contributed by atoms with van der Waals surface area (Å²) < 4.78 is 7.46. The molecule has 1 fully saturated rings. The molecule has 2 aromatic carbocycles. The van der Waals surface area contributed by atoms with Crippen LogP contribution in [0.3, 0.4) is 0 Å². The fourth-order valence-electron chi connectivity index (χ4n) is 4.47. The highest BCUT2D eigenvalue weighted by atomic mass is 35.5. The minimum Gasteiger partial charge on any atom is -0.381 e. The van der Waals surface area contributed by atoms with Crippen molar-refractivity contribution in [1.29, 1.82) is 5.26 Å². The number of carbonyl (C=O) groups is 1. The summed E-state index contributed by atoms with van der Waals surface area (Å²) in [6.07, 6.45) is 2.32. The summed E-state index contributed by atoms with van der Waals surface area (Å²) in [4.78, 5) is 15.0. The zero-order chi connectivity index (χ0) is 23.0. The average molecular weight is 470 g/mol. The van der Waals surface area contributed by atoms with E-state index in [9.17, 15) is 10.1 Å². The van der Waals surface area contributed by atoms with E-state index in [0.29, 0.717) is 40.7 Å². The molecule has 32 heavy (non-hydrogen) atoms. The summed E-state index contributed by atoms with van der Waals surface area (Å²) in [6.45, 7) is 3.30. The lowest BCUT2D eigenvalue weighted by Crippen LogP contribution is -2.40. The summed E-state index contributed by atoms with van der Waals surface area (Å²) in [5.74, 6) is -0.0750. The van der Waals surface area contributed by atoms with Gasteiger partial charge in [0.15, 0.2) is 0 Å². The second-order valence-electron chi connectivity index (χ2n) is 8.32. The lowest BCUT2D eigenvalue weighted by Gasteiger charge is -2.31. The summed E-state index contributed by atoms with van der Waals surface area (Å²) >= 11 is 13.3. The van der Waals surface area contributed by atoms with Crippen molar-refractivity contribution in [3.05, 3.63) is 68.3 Å². The molecule has 0 atom stereocenters. The van der Waals surface area contributed by atoms with Gasteiger partial charge in [-0.25, -0.2) is 0 Å². The molecule has 5 nitrogen and oxygen atoms in total. The average Bonchev–Trinajstić information content (AvgIpc) is 3.12. The molecule has 0 spiro atoms. The number of nitrogens with zero attached hydrogens (tertiary/aromatic N) is 3. The van der Waals surface area contributed by atoms with Gasteiger partial charge < -0.3 is 14.2 Å². The molecule has 7 heteroatoms. The first-order valence-corrected chi connectivity index (χ1v) is 11.4. The fraction of sp³-hybridized carbons (Fsp3) is 0.360. The van der Waals surface area contributed by atoms with Gasteiger partial charge in [0.1, 0.15) is 0 Å². The number of ether oxygens (including phenoxy) is 1. The van der Waals surface area contributed by atoms with Crippen molar-refractivity contribution in [3.8, 4) is 6.07 Å². The van der Waals surface area contributed by atoms with Crippen molar-refractivity contribution in [2.75, 3.05) is 20.2 Å². The molecule has 0 saturated carbocycles. The maximum atomic E-state index is 13.2. The highest BCUT2D eigenvalue weighted by Crippen LogP contribution is 2.33. The number of amides is 1. The Morgan fingerprint density at radius 2 is 1.94 bits per heavy atom. The minimum absolute atomic E-state index is 0.0750. The van der Waals surface area contributed by atoms with Crippen LogP contribution in [-0.4, -0.2) is 41.7 Å². The number of halogens is 2. The second kappa shape index (κ2) is 9.15. The molecule has 0 unspecified atom stereocenters. The number of benzene rings is 2. The number of piperidine rings is 1. The summed E-state index contributed by atoms with van der Waals surface area (Å²) in [5.41, 5.74) is 4.87. The molecule has 0 N–H and O–H groups in total. The normalized spacial score (nSPS) is 14.7. The third kappa shape index (κ3) is 4.11. The van der Waals surface area contributed by atoms with Crippen LogP contribution in [-0.2, 0) is 18.2 Å². The number of hydrogen-bond donors (Lipinski definition) is 0. The highest BCUT2D eigenvalue weighted by Gasteiger charge is 2.26. The van der Waals surface area contributed by atoms with Gasteiger partial charge in [-0.3, -0.25) is 4.79 Å². The Morgan fingerprint density at radius 3 is 2.59 bits per heavy atom. The molecule has 3 aromatic rings. The van der Waals surface area contributed by atoms with Gasteiger partial charge in [-0.1, -0.05) is 23.2 Å². The Kier molecular flexibility index (Phi) is 6.48. The number of rotatable bonds is 4. The topological polar surface area (TPSA) is 58.3 Å².